The quantitative estimate of drug-likeness (QED) is 0.136. The van der Waals surface area contributed by atoms with E-state index >= 15 is 0 Å². The molecule has 0 saturated carbocycles. The fourth-order valence-electron chi connectivity index (χ4n) is 2.39. The highest BCUT2D eigenvalue weighted by atomic mass is 16.6. The van der Waals surface area contributed by atoms with Gasteiger partial charge in [-0.25, -0.2) is 0 Å². The van der Waals surface area contributed by atoms with Gasteiger partial charge in [0.2, 0.25) is 5.91 Å². The summed E-state index contributed by atoms with van der Waals surface area (Å²) in [7, 11) is 0. The van der Waals surface area contributed by atoms with Crippen LogP contribution in [0.25, 0.3) is 0 Å². The van der Waals surface area contributed by atoms with E-state index in [2.05, 4.69) is 5.32 Å². The van der Waals surface area contributed by atoms with Crippen LogP contribution >= 0.6 is 0 Å². The second kappa shape index (κ2) is 28.9. The van der Waals surface area contributed by atoms with E-state index in [-0.39, 0.29) is 18.7 Å². The molecule has 0 aliphatic heterocycles. The lowest BCUT2D eigenvalue weighted by molar-refractivity contribution is -0.138. The van der Waals surface area contributed by atoms with Gasteiger partial charge in [0.1, 0.15) is 0 Å². The van der Waals surface area contributed by atoms with E-state index in [0.29, 0.717) is 119 Å². The minimum atomic E-state index is -0.978. The number of carbonyl (C=O) groups excluding carboxylic acids is 1. The predicted molar refractivity (Wildman–Crippen MR) is 127 cm³/mol. The molecule has 2 N–H and O–H groups in total. The molecule has 0 aliphatic carbocycles. The van der Waals surface area contributed by atoms with Gasteiger partial charge in [-0.15, -0.1) is 0 Å². The first kappa shape index (κ1) is 33.6. The van der Waals surface area contributed by atoms with Crippen molar-refractivity contribution in [3.63, 3.8) is 0 Å². The minimum Gasteiger partial charge on any atom is -0.481 e. The van der Waals surface area contributed by atoms with Crippen LogP contribution in [0.5, 0.6) is 0 Å². The first-order valence-electron chi connectivity index (χ1n) is 12.3. The molecule has 0 unspecified atom stereocenters. The predicted octanol–water partition coefficient (Wildman–Crippen LogP) is 0.510. The number of carboxylic acids is 1. The molecule has 0 radical (unpaired) electrons. The topological polar surface area (TPSA) is 140 Å². The SMILES string of the molecule is CCOCCOCCOCCOCCOCCOCCOCCOCCCNC(=O)CCC(=O)O. The summed E-state index contributed by atoms with van der Waals surface area (Å²) < 4.78 is 42.9. The van der Waals surface area contributed by atoms with Crippen molar-refractivity contribution < 1.29 is 52.6 Å². The molecule has 0 fully saturated rings. The number of aliphatic carboxylic acids is 1. The van der Waals surface area contributed by atoms with Crippen LogP contribution in [0.3, 0.4) is 0 Å². The third-order valence-corrected chi connectivity index (χ3v) is 4.16. The van der Waals surface area contributed by atoms with E-state index in [1.165, 1.54) is 0 Å². The standard InChI is InChI=1S/C23H45NO11/c1-2-28-8-9-30-12-13-32-16-17-34-20-21-35-19-18-33-15-14-31-11-10-29-7-3-6-24-22(25)4-5-23(26)27/h2-21H2,1H3,(H,24,25)(H,26,27). The molecular formula is C23H45NO11. The van der Waals surface area contributed by atoms with Gasteiger partial charge in [-0.3, -0.25) is 9.59 Å². The van der Waals surface area contributed by atoms with Gasteiger partial charge in [-0.05, 0) is 13.3 Å². The number of amides is 1. The first-order valence-corrected chi connectivity index (χ1v) is 12.3. The summed E-state index contributed by atoms with van der Waals surface area (Å²) in [6.07, 6.45) is 0.498. The van der Waals surface area contributed by atoms with Crippen LogP contribution in [-0.4, -0.2) is 129 Å². The molecule has 35 heavy (non-hydrogen) atoms. The van der Waals surface area contributed by atoms with E-state index in [1.807, 2.05) is 6.92 Å². The molecule has 1 amide bonds. The fourth-order valence-corrected chi connectivity index (χ4v) is 2.39. The average molecular weight is 512 g/mol. The number of rotatable bonds is 29. The Bertz CT molecular complexity index is 469. The highest BCUT2D eigenvalue weighted by molar-refractivity contribution is 5.80. The van der Waals surface area contributed by atoms with Crippen molar-refractivity contribution >= 4 is 11.9 Å². The highest BCUT2D eigenvalue weighted by Gasteiger charge is 2.04. The first-order chi connectivity index (χ1) is 17.2. The maximum atomic E-state index is 11.3. The Hall–Kier alpha value is -1.38. The van der Waals surface area contributed by atoms with Gasteiger partial charge in [0.25, 0.3) is 0 Å². The highest BCUT2D eigenvalue weighted by Crippen LogP contribution is 1.90. The lowest BCUT2D eigenvalue weighted by Crippen LogP contribution is -2.25. The Kier molecular flexibility index (Phi) is 27.7. The summed E-state index contributed by atoms with van der Waals surface area (Å²) in [5.41, 5.74) is 0. The summed E-state index contributed by atoms with van der Waals surface area (Å²) in [5.74, 6) is -1.24. The van der Waals surface area contributed by atoms with Crippen molar-refractivity contribution in [1.82, 2.24) is 5.32 Å². The molecule has 0 rings (SSSR count). The van der Waals surface area contributed by atoms with Crippen molar-refractivity contribution in [2.45, 2.75) is 26.2 Å². The zero-order valence-corrected chi connectivity index (χ0v) is 21.2. The molecule has 0 aromatic heterocycles. The minimum absolute atomic E-state index is 0.00385. The fraction of sp³-hybridized carbons (Fsp3) is 0.913. The van der Waals surface area contributed by atoms with Gasteiger partial charge in [-0.1, -0.05) is 0 Å². The van der Waals surface area contributed by atoms with Gasteiger partial charge in [0, 0.05) is 26.2 Å². The third kappa shape index (κ3) is 30.6. The normalized spacial score (nSPS) is 11.1. The summed E-state index contributed by atoms with van der Waals surface area (Å²) >= 11 is 0. The molecule has 0 bridgehead atoms. The van der Waals surface area contributed by atoms with E-state index < -0.39 is 5.97 Å². The Balaban J connectivity index is 3.08. The van der Waals surface area contributed by atoms with Crippen LogP contribution < -0.4 is 5.32 Å². The Morgan fingerprint density at radius 3 is 1.23 bits per heavy atom. The van der Waals surface area contributed by atoms with Crippen LogP contribution in [0.15, 0.2) is 0 Å². The molecule has 0 atom stereocenters. The number of hydrogen-bond donors (Lipinski definition) is 2. The number of carboxylic acid groups (broad SMARTS) is 1. The second-order valence-electron chi connectivity index (χ2n) is 7.08. The smallest absolute Gasteiger partial charge is 0.303 e. The zero-order valence-electron chi connectivity index (χ0n) is 21.2. The van der Waals surface area contributed by atoms with E-state index in [0.717, 1.165) is 0 Å². The van der Waals surface area contributed by atoms with Gasteiger partial charge in [0.15, 0.2) is 0 Å². The average Bonchev–Trinajstić information content (AvgIpc) is 2.85. The summed E-state index contributed by atoms with van der Waals surface area (Å²) in [5, 5.41) is 11.1. The second-order valence-corrected chi connectivity index (χ2v) is 7.08. The van der Waals surface area contributed by atoms with Crippen molar-refractivity contribution in [2.75, 3.05) is 112 Å². The summed E-state index contributed by atoms with van der Waals surface area (Å²) in [6.45, 7) is 10.8. The van der Waals surface area contributed by atoms with Crippen molar-refractivity contribution in [3.8, 4) is 0 Å². The van der Waals surface area contributed by atoms with E-state index in [9.17, 15) is 9.59 Å². The molecule has 0 aromatic carbocycles. The molecule has 0 aromatic rings. The van der Waals surface area contributed by atoms with Gasteiger partial charge in [-0.2, -0.15) is 0 Å². The van der Waals surface area contributed by atoms with Crippen molar-refractivity contribution in [1.29, 1.82) is 0 Å². The van der Waals surface area contributed by atoms with Crippen molar-refractivity contribution in [2.24, 2.45) is 0 Å². The number of hydrogen-bond acceptors (Lipinski definition) is 10. The zero-order chi connectivity index (χ0) is 25.7. The maximum Gasteiger partial charge on any atom is 0.303 e. The molecule has 0 aliphatic rings. The van der Waals surface area contributed by atoms with E-state index in [1.54, 1.807) is 0 Å². The van der Waals surface area contributed by atoms with E-state index in [4.69, 9.17) is 43.0 Å². The number of nitrogens with one attached hydrogen (secondary N) is 1. The van der Waals surface area contributed by atoms with Gasteiger partial charge < -0.3 is 48.3 Å². The maximum absolute atomic E-state index is 11.3. The lowest BCUT2D eigenvalue weighted by Gasteiger charge is -2.08. The van der Waals surface area contributed by atoms with Crippen LogP contribution in [0.2, 0.25) is 0 Å². The lowest BCUT2D eigenvalue weighted by atomic mass is 10.3. The molecular weight excluding hydrogens is 466 g/mol. The van der Waals surface area contributed by atoms with Crippen LogP contribution in [0, 0.1) is 0 Å². The molecule has 12 heteroatoms. The largest absolute Gasteiger partial charge is 0.481 e. The number of ether oxygens (including phenoxy) is 8. The van der Waals surface area contributed by atoms with Crippen LogP contribution in [0.4, 0.5) is 0 Å². The van der Waals surface area contributed by atoms with Crippen LogP contribution in [-0.2, 0) is 47.5 Å². The molecule has 0 spiro atoms. The molecule has 208 valence electrons. The monoisotopic (exact) mass is 511 g/mol. The molecule has 12 nitrogen and oxygen atoms in total. The van der Waals surface area contributed by atoms with Gasteiger partial charge >= 0.3 is 5.97 Å². The Labute approximate surface area is 208 Å². The number of carbonyl (C=O) groups is 2. The molecule has 0 saturated heterocycles. The van der Waals surface area contributed by atoms with Gasteiger partial charge in [0.05, 0.1) is 98.9 Å². The van der Waals surface area contributed by atoms with Crippen molar-refractivity contribution in [3.05, 3.63) is 0 Å². The Morgan fingerprint density at radius 2 is 0.886 bits per heavy atom. The third-order valence-electron chi connectivity index (χ3n) is 4.16. The summed E-state index contributed by atoms with van der Waals surface area (Å²) in [4.78, 5) is 21.7. The molecule has 0 heterocycles. The van der Waals surface area contributed by atoms with Crippen LogP contribution in [0.1, 0.15) is 26.2 Å². The summed E-state index contributed by atoms with van der Waals surface area (Å²) in [6, 6.07) is 0. The Morgan fingerprint density at radius 1 is 0.543 bits per heavy atom.